The quantitative estimate of drug-likeness (QED) is 0.691. The Hall–Kier alpha value is -1.87. The summed E-state index contributed by atoms with van der Waals surface area (Å²) in [5.41, 5.74) is 1.01. The molecule has 1 aromatic heterocycles. The van der Waals surface area contributed by atoms with Crippen LogP contribution in [0.4, 0.5) is 0 Å². The number of benzene rings is 2. The number of ether oxygens (including phenoxy) is 1. The van der Waals surface area contributed by atoms with Crippen LogP contribution in [0.5, 0.6) is 5.75 Å². The maximum atomic E-state index is 5.84. The number of hydrogen-bond donors (Lipinski definition) is 1. The van der Waals surface area contributed by atoms with Gasteiger partial charge < -0.3 is 9.72 Å². The lowest BCUT2D eigenvalue weighted by Crippen LogP contribution is -2.22. The van der Waals surface area contributed by atoms with Crippen molar-refractivity contribution in [3.8, 4) is 5.75 Å². The third-order valence-corrected chi connectivity index (χ3v) is 3.93. The Labute approximate surface area is 129 Å². The highest BCUT2D eigenvalue weighted by Gasteiger charge is 2.11. The van der Waals surface area contributed by atoms with Crippen molar-refractivity contribution in [1.82, 2.24) is 4.98 Å². The van der Waals surface area contributed by atoms with Crippen molar-refractivity contribution in [2.75, 3.05) is 0 Å². The van der Waals surface area contributed by atoms with E-state index < -0.39 is 0 Å². The van der Waals surface area contributed by atoms with E-state index in [1.807, 2.05) is 18.2 Å². The van der Waals surface area contributed by atoms with E-state index in [4.69, 9.17) is 4.74 Å². The average molecular weight is 297 g/mol. The summed E-state index contributed by atoms with van der Waals surface area (Å²) >= 11 is 1.73. The van der Waals surface area contributed by atoms with Crippen molar-refractivity contribution < 1.29 is 4.74 Å². The molecule has 3 aromatic rings. The molecular weight excluding hydrogens is 278 g/mol. The first kappa shape index (κ1) is 14.1. The molecule has 0 spiro atoms. The van der Waals surface area contributed by atoms with E-state index in [1.165, 1.54) is 15.8 Å². The fourth-order valence-electron chi connectivity index (χ4n) is 2.16. The number of H-pyrrole nitrogens is 1. The molecule has 2 aromatic carbocycles. The summed E-state index contributed by atoms with van der Waals surface area (Å²) in [6.07, 6.45) is 0. The largest absolute Gasteiger partial charge is 0.488 e. The molecule has 0 atom stereocenters. The summed E-state index contributed by atoms with van der Waals surface area (Å²) in [6.45, 7) is 6.17. The van der Waals surface area contributed by atoms with Crippen molar-refractivity contribution in [2.24, 2.45) is 0 Å². The van der Waals surface area contributed by atoms with Gasteiger partial charge in [-0.15, -0.1) is 0 Å². The van der Waals surface area contributed by atoms with Crippen LogP contribution in [-0.2, 0) is 0 Å². The van der Waals surface area contributed by atoms with Crippen molar-refractivity contribution >= 4 is 22.7 Å². The minimum absolute atomic E-state index is 0.161. The van der Waals surface area contributed by atoms with Gasteiger partial charge in [-0.25, -0.2) is 0 Å². The monoisotopic (exact) mass is 297 g/mol. The molecule has 1 heterocycles. The molecule has 2 nitrogen and oxygen atoms in total. The molecule has 0 unspecified atom stereocenters. The zero-order chi connectivity index (χ0) is 14.9. The van der Waals surface area contributed by atoms with Gasteiger partial charge >= 0.3 is 0 Å². The van der Waals surface area contributed by atoms with Gasteiger partial charge in [0, 0.05) is 15.8 Å². The Kier molecular flexibility index (Phi) is 3.68. The van der Waals surface area contributed by atoms with Crippen LogP contribution in [0.25, 0.3) is 10.9 Å². The lowest BCUT2D eigenvalue weighted by atomic mass is 10.2. The molecule has 0 saturated heterocycles. The predicted molar refractivity (Wildman–Crippen MR) is 89.2 cm³/mol. The van der Waals surface area contributed by atoms with E-state index in [2.05, 4.69) is 62.2 Å². The van der Waals surface area contributed by atoms with Crippen LogP contribution in [0, 0.1) is 0 Å². The van der Waals surface area contributed by atoms with Gasteiger partial charge in [0.25, 0.3) is 0 Å². The maximum Gasteiger partial charge on any atom is 0.120 e. The first-order valence-corrected chi connectivity index (χ1v) is 7.86. The van der Waals surface area contributed by atoms with Gasteiger partial charge in [0.1, 0.15) is 11.4 Å². The van der Waals surface area contributed by atoms with Crippen LogP contribution >= 0.6 is 11.8 Å². The Bertz CT molecular complexity index is 705. The second-order valence-electron chi connectivity index (χ2n) is 6.01. The van der Waals surface area contributed by atoms with Crippen LogP contribution in [0.1, 0.15) is 20.8 Å². The van der Waals surface area contributed by atoms with E-state index >= 15 is 0 Å². The molecule has 0 fully saturated rings. The highest BCUT2D eigenvalue weighted by atomic mass is 32.2. The molecule has 0 aliphatic carbocycles. The van der Waals surface area contributed by atoms with Crippen LogP contribution in [0.15, 0.2) is 64.5 Å². The third kappa shape index (κ3) is 3.61. The lowest BCUT2D eigenvalue weighted by molar-refractivity contribution is 0.131. The second kappa shape index (κ2) is 5.49. The predicted octanol–water partition coefficient (Wildman–Crippen LogP) is 5.50. The Morgan fingerprint density at radius 3 is 2.33 bits per heavy atom. The van der Waals surface area contributed by atoms with Gasteiger partial charge in [0.2, 0.25) is 0 Å². The van der Waals surface area contributed by atoms with Crippen molar-refractivity contribution in [3.05, 3.63) is 54.6 Å². The zero-order valence-corrected chi connectivity index (χ0v) is 13.3. The number of aromatic nitrogens is 1. The second-order valence-corrected chi connectivity index (χ2v) is 7.12. The van der Waals surface area contributed by atoms with Gasteiger partial charge in [0.15, 0.2) is 0 Å². The van der Waals surface area contributed by atoms with Crippen molar-refractivity contribution in [2.45, 2.75) is 36.3 Å². The molecule has 0 aliphatic heterocycles. The van der Waals surface area contributed by atoms with Crippen LogP contribution in [0.2, 0.25) is 0 Å². The molecule has 0 amide bonds. The molecule has 0 saturated carbocycles. The molecule has 0 radical (unpaired) electrons. The Morgan fingerprint density at radius 2 is 1.67 bits per heavy atom. The highest BCUT2D eigenvalue weighted by Crippen LogP contribution is 2.31. The summed E-state index contributed by atoms with van der Waals surface area (Å²) in [5, 5.41) is 2.40. The SMILES string of the molecule is CC(C)(C)Oc1ccc(Sc2cc3ccccc3[nH]2)cc1. The molecule has 0 bridgehead atoms. The van der Waals surface area contributed by atoms with E-state index in [0.717, 1.165) is 10.8 Å². The van der Waals surface area contributed by atoms with Gasteiger partial charge in [-0.2, -0.15) is 0 Å². The lowest BCUT2D eigenvalue weighted by Gasteiger charge is -2.21. The summed E-state index contributed by atoms with van der Waals surface area (Å²) in [6, 6.07) is 18.7. The summed E-state index contributed by atoms with van der Waals surface area (Å²) in [7, 11) is 0. The standard InChI is InChI=1S/C18H19NOS/c1-18(2,3)20-14-8-10-15(11-9-14)21-17-12-13-6-4-5-7-16(13)19-17/h4-12,19H,1-3H3. The number of rotatable bonds is 3. The molecule has 3 heteroatoms. The smallest absolute Gasteiger partial charge is 0.120 e. The number of nitrogens with one attached hydrogen (secondary N) is 1. The van der Waals surface area contributed by atoms with E-state index in [-0.39, 0.29) is 5.60 Å². The van der Waals surface area contributed by atoms with Crippen LogP contribution in [0.3, 0.4) is 0 Å². The molecule has 21 heavy (non-hydrogen) atoms. The number of aromatic amines is 1. The fraction of sp³-hybridized carbons (Fsp3) is 0.222. The van der Waals surface area contributed by atoms with Gasteiger partial charge in [-0.05, 0) is 57.2 Å². The number of fused-ring (bicyclic) bond motifs is 1. The number of hydrogen-bond acceptors (Lipinski definition) is 2. The maximum absolute atomic E-state index is 5.84. The molecule has 3 rings (SSSR count). The van der Waals surface area contributed by atoms with E-state index in [1.54, 1.807) is 11.8 Å². The normalized spacial score (nSPS) is 11.8. The van der Waals surface area contributed by atoms with Gasteiger partial charge in [-0.1, -0.05) is 30.0 Å². The summed E-state index contributed by atoms with van der Waals surface area (Å²) in [4.78, 5) is 4.63. The fourth-order valence-corrected chi connectivity index (χ4v) is 3.03. The van der Waals surface area contributed by atoms with E-state index in [0.29, 0.717) is 0 Å². The molecule has 1 N–H and O–H groups in total. The third-order valence-electron chi connectivity index (χ3n) is 2.98. The highest BCUT2D eigenvalue weighted by molar-refractivity contribution is 7.99. The minimum atomic E-state index is -0.161. The Morgan fingerprint density at radius 1 is 0.952 bits per heavy atom. The molecule has 108 valence electrons. The van der Waals surface area contributed by atoms with Crippen LogP contribution in [-0.4, -0.2) is 10.6 Å². The minimum Gasteiger partial charge on any atom is -0.488 e. The van der Waals surface area contributed by atoms with E-state index in [9.17, 15) is 0 Å². The first-order chi connectivity index (χ1) is 9.99. The average Bonchev–Trinajstić information content (AvgIpc) is 2.81. The van der Waals surface area contributed by atoms with Crippen molar-refractivity contribution in [3.63, 3.8) is 0 Å². The Balaban J connectivity index is 1.75. The van der Waals surface area contributed by atoms with Gasteiger partial charge in [-0.3, -0.25) is 0 Å². The van der Waals surface area contributed by atoms with Crippen molar-refractivity contribution in [1.29, 1.82) is 0 Å². The molecular formula is C18H19NOS. The topological polar surface area (TPSA) is 25.0 Å². The molecule has 0 aliphatic rings. The summed E-state index contributed by atoms with van der Waals surface area (Å²) in [5.74, 6) is 0.906. The zero-order valence-electron chi connectivity index (χ0n) is 12.5. The number of para-hydroxylation sites is 1. The first-order valence-electron chi connectivity index (χ1n) is 7.04. The van der Waals surface area contributed by atoms with Gasteiger partial charge in [0.05, 0.1) is 5.03 Å². The summed E-state index contributed by atoms with van der Waals surface area (Å²) < 4.78 is 5.84. The van der Waals surface area contributed by atoms with Crippen LogP contribution < -0.4 is 4.74 Å².